The van der Waals surface area contributed by atoms with Crippen LogP contribution in [0.1, 0.15) is 23.7 Å². The van der Waals surface area contributed by atoms with E-state index in [-0.39, 0.29) is 10.1 Å². The summed E-state index contributed by atoms with van der Waals surface area (Å²) in [6.07, 6.45) is 0.340. The number of thiophene rings is 1. The number of rotatable bonds is 9. The number of hydrogen-bond donors (Lipinski definition) is 2. The molecule has 2 aromatic rings. The average molecular weight is 410 g/mol. The molecule has 0 radical (unpaired) electrons. The normalized spacial score (nSPS) is 11.0. The lowest BCUT2D eigenvalue weighted by Crippen LogP contribution is -2.31. The Balaban J connectivity index is 1.81. The van der Waals surface area contributed by atoms with Gasteiger partial charge in [-0.05, 0) is 35.7 Å². The Morgan fingerprint density at radius 2 is 1.81 bits per heavy atom. The summed E-state index contributed by atoms with van der Waals surface area (Å²) in [6.45, 7) is 0.637. The van der Waals surface area contributed by atoms with E-state index in [0.29, 0.717) is 17.7 Å². The summed E-state index contributed by atoms with van der Waals surface area (Å²) in [5.41, 5.74) is 0.856. The SMILES string of the molecule is CCC(=O)Nc1ccc(C(=O)COC(=O)CNS(=O)(=O)c2cccs2)cc1. The third-order valence-electron chi connectivity index (χ3n) is 3.34. The second-order valence-corrected chi connectivity index (χ2v) is 8.26. The van der Waals surface area contributed by atoms with Gasteiger partial charge >= 0.3 is 5.97 Å². The minimum Gasteiger partial charge on any atom is -0.456 e. The van der Waals surface area contributed by atoms with Crippen molar-refractivity contribution in [1.29, 1.82) is 0 Å². The minimum absolute atomic E-state index is 0.0848. The van der Waals surface area contributed by atoms with Gasteiger partial charge in [0.15, 0.2) is 12.4 Å². The van der Waals surface area contributed by atoms with Crippen molar-refractivity contribution in [3.8, 4) is 0 Å². The lowest BCUT2D eigenvalue weighted by Gasteiger charge is -2.07. The summed E-state index contributed by atoms with van der Waals surface area (Å²) >= 11 is 1.02. The van der Waals surface area contributed by atoms with Crippen molar-refractivity contribution in [3.63, 3.8) is 0 Å². The van der Waals surface area contributed by atoms with E-state index in [0.717, 1.165) is 11.3 Å². The van der Waals surface area contributed by atoms with Gasteiger partial charge in [-0.1, -0.05) is 13.0 Å². The van der Waals surface area contributed by atoms with Crippen LogP contribution in [0.5, 0.6) is 0 Å². The van der Waals surface area contributed by atoms with E-state index in [1.165, 1.54) is 18.2 Å². The predicted octanol–water partition coefficient (Wildman–Crippen LogP) is 1.80. The second kappa shape index (κ2) is 9.40. The third kappa shape index (κ3) is 6.27. The number of ketones is 1. The van der Waals surface area contributed by atoms with Crippen LogP contribution < -0.4 is 10.0 Å². The van der Waals surface area contributed by atoms with Gasteiger partial charge in [-0.3, -0.25) is 14.4 Å². The van der Waals surface area contributed by atoms with E-state index >= 15 is 0 Å². The Morgan fingerprint density at radius 1 is 1.11 bits per heavy atom. The number of carbonyl (C=O) groups is 3. The first kappa shape index (κ1) is 20.7. The number of ether oxygens (including phenoxy) is 1. The molecule has 144 valence electrons. The summed E-state index contributed by atoms with van der Waals surface area (Å²) in [7, 11) is -3.77. The van der Waals surface area contributed by atoms with E-state index in [4.69, 9.17) is 4.74 Å². The van der Waals surface area contributed by atoms with Gasteiger partial charge in [0.05, 0.1) is 0 Å². The number of anilines is 1. The van der Waals surface area contributed by atoms with Crippen LogP contribution in [0.25, 0.3) is 0 Å². The summed E-state index contributed by atoms with van der Waals surface area (Å²) in [4.78, 5) is 35.0. The maximum Gasteiger partial charge on any atom is 0.321 e. The van der Waals surface area contributed by atoms with Crippen LogP contribution in [0.15, 0.2) is 46.0 Å². The molecule has 8 nitrogen and oxygen atoms in total. The van der Waals surface area contributed by atoms with Crippen LogP contribution in [0.4, 0.5) is 5.69 Å². The van der Waals surface area contributed by atoms with Crippen LogP contribution in [0, 0.1) is 0 Å². The molecule has 2 rings (SSSR count). The average Bonchev–Trinajstić information content (AvgIpc) is 3.20. The highest BCUT2D eigenvalue weighted by atomic mass is 32.2. The van der Waals surface area contributed by atoms with Crippen LogP contribution in [0.2, 0.25) is 0 Å². The molecule has 0 saturated heterocycles. The highest BCUT2D eigenvalue weighted by Gasteiger charge is 2.17. The smallest absolute Gasteiger partial charge is 0.321 e. The molecular weight excluding hydrogens is 392 g/mol. The molecule has 1 amide bonds. The van der Waals surface area contributed by atoms with Gasteiger partial charge in [0.2, 0.25) is 5.91 Å². The quantitative estimate of drug-likeness (QED) is 0.481. The fourth-order valence-corrected chi connectivity index (χ4v) is 3.92. The van der Waals surface area contributed by atoms with Gasteiger partial charge in [-0.15, -0.1) is 11.3 Å². The Kier molecular flexibility index (Phi) is 7.22. The van der Waals surface area contributed by atoms with Crippen molar-refractivity contribution in [2.45, 2.75) is 17.6 Å². The van der Waals surface area contributed by atoms with Crippen molar-refractivity contribution in [3.05, 3.63) is 47.3 Å². The lowest BCUT2D eigenvalue weighted by molar-refractivity contribution is -0.141. The highest BCUT2D eigenvalue weighted by molar-refractivity contribution is 7.91. The molecule has 0 unspecified atom stereocenters. The molecule has 0 aliphatic heterocycles. The Morgan fingerprint density at radius 3 is 2.41 bits per heavy atom. The van der Waals surface area contributed by atoms with Gasteiger partial charge in [0, 0.05) is 17.7 Å². The number of esters is 1. The number of sulfonamides is 1. The Labute approximate surface area is 160 Å². The van der Waals surface area contributed by atoms with Crippen LogP contribution in [-0.4, -0.2) is 39.2 Å². The maximum absolute atomic E-state index is 12.0. The van der Waals surface area contributed by atoms with Gasteiger partial charge in [0.25, 0.3) is 10.0 Å². The molecule has 1 aromatic carbocycles. The first-order chi connectivity index (χ1) is 12.8. The van der Waals surface area contributed by atoms with Crippen molar-refractivity contribution in [2.24, 2.45) is 0 Å². The topological polar surface area (TPSA) is 119 Å². The fraction of sp³-hybridized carbons (Fsp3) is 0.235. The first-order valence-corrected chi connectivity index (χ1v) is 10.3. The van der Waals surface area contributed by atoms with Crippen LogP contribution in [-0.2, 0) is 24.3 Å². The van der Waals surface area contributed by atoms with Crippen molar-refractivity contribution >= 4 is 44.7 Å². The van der Waals surface area contributed by atoms with Gasteiger partial charge < -0.3 is 10.1 Å². The molecule has 1 aromatic heterocycles. The van der Waals surface area contributed by atoms with Gasteiger partial charge in [-0.25, -0.2) is 8.42 Å². The number of Topliss-reactive ketones (excluding diaryl/α,β-unsaturated/α-hetero) is 1. The molecule has 0 saturated carbocycles. The second-order valence-electron chi connectivity index (χ2n) is 5.32. The zero-order valence-electron chi connectivity index (χ0n) is 14.4. The molecule has 0 atom stereocenters. The monoisotopic (exact) mass is 410 g/mol. The maximum atomic E-state index is 12.0. The van der Waals surface area contributed by atoms with Crippen molar-refractivity contribution < 1.29 is 27.5 Å². The number of carbonyl (C=O) groups excluding carboxylic acids is 3. The van der Waals surface area contributed by atoms with Gasteiger partial charge in [-0.2, -0.15) is 4.72 Å². The van der Waals surface area contributed by atoms with Crippen molar-refractivity contribution in [2.75, 3.05) is 18.5 Å². The standard InChI is InChI=1S/C17H18N2O6S2/c1-2-15(21)19-13-7-5-12(6-8-13)14(20)11-25-16(22)10-18-27(23,24)17-4-3-9-26-17/h3-9,18H,2,10-11H2,1H3,(H,19,21). The lowest BCUT2D eigenvalue weighted by atomic mass is 10.1. The predicted molar refractivity (Wildman–Crippen MR) is 100 cm³/mol. The molecule has 0 aliphatic rings. The molecule has 0 bridgehead atoms. The Hall–Kier alpha value is -2.56. The van der Waals surface area contributed by atoms with Gasteiger partial charge in [0.1, 0.15) is 10.8 Å². The number of benzene rings is 1. The summed E-state index contributed by atoms with van der Waals surface area (Å²) in [5, 5.41) is 4.25. The summed E-state index contributed by atoms with van der Waals surface area (Å²) in [6, 6.07) is 9.13. The number of hydrogen-bond acceptors (Lipinski definition) is 7. The molecular formula is C17H18N2O6S2. The number of nitrogens with one attached hydrogen (secondary N) is 2. The zero-order valence-corrected chi connectivity index (χ0v) is 16.1. The largest absolute Gasteiger partial charge is 0.456 e. The van der Waals surface area contributed by atoms with Crippen molar-refractivity contribution in [1.82, 2.24) is 4.72 Å². The molecule has 1 heterocycles. The number of amides is 1. The highest BCUT2D eigenvalue weighted by Crippen LogP contribution is 2.15. The first-order valence-electron chi connectivity index (χ1n) is 7.93. The van der Waals surface area contributed by atoms with Crippen LogP contribution in [0.3, 0.4) is 0 Å². The summed E-state index contributed by atoms with van der Waals surface area (Å²) in [5.74, 6) is -1.46. The molecule has 10 heteroatoms. The van der Waals surface area contributed by atoms with E-state index in [2.05, 4.69) is 10.0 Å². The van der Waals surface area contributed by atoms with E-state index in [9.17, 15) is 22.8 Å². The van der Waals surface area contributed by atoms with E-state index in [1.54, 1.807) is 30.5 Å². The molecule has 27 heavy (non-hydrogen) atoms. The Bertz CT molecular complexity index is 905. The molecule has 0 spiro atoms. The molecule has 0 fully saturated rings. The molecule has 2 N–H and O–H groups in total. The minimum atomic E-state index is -3.77. The summed E-state index contributed by atoms with van der Waals surface area (Å²) < 4.78 is 30.8. The van der Waals surface area contributed by atoms with E-state index < -0.39 is 34.9 Å². The van der Waals surface area contributed by atoms with E-state index in [1.807, 2.05) is 0 Å². The zero-order chi connectivity index (χ0) is 19.9. The third-order valence-corrected chi connectivity index (χ3v) is 6.14. The molecule has 0 aliphatic carbocycles. The van der Waals surface area contributed by atoms with Crippen LogP contribution >= 0.6 is 11.3 Å². The fourth-order valence-electron chi connectivity index (χ4n) is 1.91.